The molecule has 3 heteroatoms. The van der Waals surface area contributed by atoms with E-state index in [-0.39, 0.29) is 6.04 Å². The van der Waals surface area contributed by atoms with Crippen LogP contribution in [0.3, 0.4) is 0 Å². The Morgan fingerprint density at radius 1 is 1.21 bits per heavy atom. The maximum Gasteiger partial charge on any atom is 0.134 e. The standard InChI is InChI=1S/C16H16N2O/c1-11-5-6-15-12(8-11)9-16(19-15)14(17)10-13-4-2-3-7-18-13/h2-9,14H,10,17H2,1H3. The maximum absolute atomic E-state index is 6.20. The Morgan fingerprint density at radius 3 is 2.89 bits per heavy atom. The number of fused-ring (bicyclic) bond motifs is 1. The van der Waals surface area contributed by atoms with Crippen molar-refractivity contribution in [1.82, 2.24) is 4.98 Å². The highest BCUT2D eigenvalue weighted by Gasteiger charge is 2.13. The zero-order valence-corrected chi connectivity index (χ0v) is 10.8. The second-order valence-corrected chi connectivity index (χ2v) is 4.82. The van der Waals surface area contributed by atoms with Crippen molar-refractivity contribution in [3.8, 4) is 0 Å². The predicted molar refractivity (Wildman–Crippen MR) is 75.8 cm³/mol. The van der Waals surface area contributed by atoms with Crippen molar-refractivity contribution in [2.75, 3.05) is 0 Å². The first-order valence-corrected chi connectivity index (χ1v) is 6.38. The maximum atomic E-state index is 6.20. The van der Waals surface area contributed by atoms with Gasteiger partial charge in [0.15, 0.2) is 0 Å². The first-order valence-electron chi connectivity index (χ1n) is 6.38. The molecule has 0 aliphatic carbocycles. The number of aromatic nitrogens is 1. The Kier molecular flexibility index (Phi) is 3.05. The number of nitrogens with zero attached hydrogens (tertiary/aromatic N) is 1. The predicted octanol–water partition coefficient (Wildman–Crippen LogP) is 3.38. The van der Waals surface area contributed by atoms with Crippen LogP contribution in [0.5, 0.6) is 0 Å². The molecule has 1 aromatic carbocycles. The first kappa shape index (κ1) is 11.9. The van der Waals surface area contributed by atoms with E-state index < -0.39 is 0 Å². The molecule has 3 aromatic rings. The molecule has 0 aliphatic rings. The first-order chi connectivity index (χ1) is 9.22. The number of hydrogen-bond donors (Lipinski definition) is 1. The summed E-state index contributed by atoms with van der Waals surface area (Å²) in [5.41, 5.74) is 9.28. The number of furan rings is 1. The second kappa shape index (κ2) is 4.86. The fraction of sp³-hybridized carbons (Fsp3) is 0.188. The van der Waals surface area contributed by atoms with E-state index in [0.29, 0.717) is 6.42 Å². The van der Waals surface area contributed by atoms with Crippen LogP contribution < -0.4 is 5.73 Å². The third-order valence-electron chi connectivity index (χ3n) is 3.21. The largest absolute Gasteiger partial charge is 0.459 e. The highest BCUT2D eigenvalue weighted by Crippen LogP contribution is 2.25. The van der Waals surface area contributed by atoms with E-state index in [9.17, 15) is 0 Å². The Hall–Kier alpha value is -2.13. The van der Waals surface area contributed by atoms with E-state index in [1.807, 2.05) is 36.4 Å². The van der Waals surface area contributed by atoms with Crippen molar-refractivity contribution >= 4 is 11.0 Å². The van der Waals surface area contributed by atoms with Crippen LogP contribution in [0.15, 0.2) is 53.1 Å². The summed E-state index contributed by atoms with van der Waals surface area (Å²) in [6, 6.07) is 13.8. The summed E-state index contributed by atoms with van der Waals surface area (Å²) in [4.78, 5) is 4.29. The Balaban J connectivity index is 1.87. The lowest BCUT2D eigenvalue weighted by molar-refractivity contribution is 0.491. The van der Waals surface area contributed by atoms with E-state index in [1.165, 1.54) is 5.56 Å². The van der Waals surface area contributed by atoms with Crippen LogP contribution in [0.2, 0.25) is 0 Å². The minimum Gasteiger partial charge on any atom is -0.459 e. The van der Waals surface area contributed by atoms with Gasteiger partial charge in [0, 0.05) is 23.7 Å². The van der Waals surface area contributed by atoms with E-state index in [1.54, 1.807) is 6.20 Å². The van der Waals surface area contributed by atoms with Crippen LogP contribution >= 0.6 is 0 Å². The molecule has 0 fully saturated rings. The van der Waals surface area contributed by atoms with E-state index in [0.717, 1.165) is 22.4 Å². The third kappa shape index (κ3) is 2.51. The van der Waals surface area contributed by atoms with Crippen LogP contribution in [0.1, 0.15) is 23.1 Å². The van der Waals surface area contributed by atoms with Gasteiger partial charge in [-0.1, -0.05) is 17.7 Å². The third-order valence-corrected chi connectivity index (χ3v) is 3.21. The molecule has 1 unspecified atom stereocenters. The minimum absolute atomic E-state index is 0.164. The summed E-state index contributed by atoms with van der Waals surface area (Å²) >= 11 is 0. The lowest BCUT2D eigenvalue weighted by Gasteiger charge is -2.07. The molecule has 2 N–H and O–H groups in total. The van der Waals surface area contributed by atoms with Crippen LogP contribution in [0, 0.1) is 6.92 Å². The van der Waals surface area contributed by atoms with Crippen molar-refractivity contribution in [3.05, 3.63) is 65.7 Å². The molecular formula is C16H16N2O. The monoisotopic (exact) mass is 252 g/mol. The molecule has 0 amide bonds. The van der Waals surface area contributed by atoms with E-state index >= 15 is 0 Å². The van der Waals surface area contributed by atoms with E-state index in [4.69, 9.17) is 10.2 Å². The Bertz CT molecular complexity index is 688. The van der Waals surface area contributed by atoms with Gasteiger partial charge in [-0.25, -0.2) is 0 Å². The molecule has 0 bridgehead atoms. The SMILES string of the molecule is Cc1ccc2oc(C(N)Cc3ccccn3)cc2c1. The molecule has 3 nitrogen and oxygen atoms in total. The quantitative estimate of drug-likeness (QED) is 0.777. The zero-order chi connectivity index (χ0) is 13.2. The molecule has 2 aromatic heterocycles. The van der Waals surface area contributed by atoms with Crippen molar-refractivity contribution in [3.63, 3.8) is 0 Å². The molecule has 0 aliphatic heterocycles. The van der Waals surface area contributed by atoms with Crippen molar-refractivity contribution < 1.29 is 4.42 Å². The van der Waals surface area contributed by atoms with Gasteiger partial charge >= 0.3 is 0 Å². The van der Waals surface area contributed by atoms with E-state index in [2.05, 4.69) is 18.0 Å². The van der Waals surface area contributed by atoms with Gasteiger partial charge in [0.05, 0.1) is 6.04 Å². The highest BCUT2D eigenvalue weighted by atomic mass is 16.3. The van der Waals surface area contributed by atoms with Crippen molar-refractivity contribution in [2.45, 2.75) is 19.4 Å². The molecule has 96 valence electrons. The number of benzene rings is 1. The molecule has 3 rings (SSSR count). The normalized spacial score (nSPS) is 12.7. The number of aryl methyl sites for hydroxylation is 1. The summed E-state index contributed by atoms with van der Waals surface area (Å²) in [5, 5.41) is 1.10. The molecular weight excluding hydrogens is 236 g/mol. The summed E-state index contributed by atoms with van der Waals surface area (Å²) in [6.45, 7) is 2.07. The minimum atomic E-state index is -0.164. The average molecular weight is 252 g/mol. The smallest absolute Gasteiger partial charge is 0.134 e. The van der Waals surface area contributed by atoms with Gasteiger partial charge in [-0.3, -0.25) is 4.98 Å². The topological polar surface area (TPSA) is 52.0 Å². The van der Waals surface area contributed by atoms with Gasteiger partial charge in [-0.15, -0.1) is 0 Å². The van der Waals surface area contributed by atoms with Crippen LogP contribution in [0.4, 0.5) is 0 Å². The molecule has 0 saturated carbocycles. The van der Waals surface area contributed by atoms with Gasteiger partial charge in [-0.2, -0.15) is 0 Å². The fourth-order valence-corrected chi connectivity index (χ4v) is 2.21. The molecule has 0 spiro atoms. The molecule has 2 heterocycles. The highest BCUT2D eigenvalue weighted by molar-refractivity contribution is 5.78. The van der Waals surface area contributed by atoms with Crippen LogP contribution in [0.25, 0.3) is 11.0 Å². The van der Waals surface area contributed by atoms with Gasteiger partial charge < -0.3 is 10.2 Å². The number of rotatable bonds is 3. The summed E-state index contributed by atoms with van der Waals surface area (Å²) in [7, 11) is 0. The number of pyridine rings is 1. The molecule has 0 radical (unpaired) electrons. The number of hydrogen-bond acceptors (Lipinski definition) is 3. The summed E-state index contributed by atoms with van der Waals surface area (Å²) in [5.74, 6) is 0.811. The average Bonchev–Trinajstić information content (AvgIpc) is 2.83. The molecule has 19 heavy (non-hydrogen) atoms. The summed E-state index contributed by atoms with van der Waals surface area (Å²) < 4.78 is 5.80. The van der Waals surface area contributed by atoms with Crippen LogP contribution in [-0.2, 0) is 6.42 Å². The molecule has 0 saturated heterocycles. The lowest BCUT2D eigenvalue weighted by Crippen LogP contribution is -2.13. The van der Waals surface area contributed by atoms with Crippen molar-refractivity contribution in [2.24, 2.45) is 5.73 Å². The second-order valence-electron chi connectivity index (χ2n) is 4.82. The van der Waals surface area contributed by atoms with Crippen LogP contribution in [-0.4, -0.2) is 4.98 Å². The van der Waals surface area contributed by atoms with Gasteiger partial charge in [0.2, 0.25) is 0 Å². The fourth-order valence-electron chi connectivity index (χ4n) is 2.21. The lowest BCUT2D eigenvalue weighted by atomic mass is 10.1. The Morgan fingerprint density at radius 2 is 2.11 bits per heavy atom. The van der Waals surface area contributed by atoms with Gasteiger partial charge in [0.1, 0.15) is 11.3 Å². The summed E-state index contributed by atoms with van der Waals surface area (Å²) in [6.07, 6.45) is 2.46. The van der Waals surface area contributed by atoms with Gasteiger partial charge in [-0.05, 0) is 37.3 Å². The Labute approximate surface area is 112 Å². The number of nitrogens with two attached hydrogens (primary N) is 1. The zero-order valence-electron chi connectivity index (χ0n) is 10.8. The van der Waals surface area contributed by atoms with Crippen molar-refractivity contribution in [1.29, 1.82) is 0 Å². The van der Waals surface area contributed by atoms with Gasteiger partial charge in [0.25, 0.3) is 0 Å². The molecule has 1 atom stereocenters.